The Balaban J connectivity index is 2.14. The highest BCUT2D eigenvalue weighted by atomic mass is 32.1. The minimum Gasteiger partial charge on any atom is -0.347 e. The Hall–Kier alpha value is -0.650. The van der Waals surface area contributed by atoms with Gasteiger partial charge in [0.15, 0.2) is 5.13 Å². The Labute approximate surface area is 127 Å². The van der Waals surface area contributed by atoms with E-state index in [1.54, 1.807) is 0 Å². The number of aryl methyl sites for hydroxylation is 1. The maximum absolute atomic E-state index is 4.96. The van der Waals surface area contributed by atoms with E-state index in [2.05, 4.69) is 43.2 Å². The molecule has 0 amide bonds. The molecule has 0 fully saturated rings. The smallest absolute Gasteiger partial charge is 0.185 e. The van der Waals surface area contributed by atoms with E-state index in [1.807, 2.05) is 11.3 Å². The van der Waals surface area contributed by atoms with Gasteiger partial charge in [0.1, 0.15) is 0 Å². The van der Waals surface area contributed by atoms with E-state index >= 15 is 0 Å². The predicted octanol–water partition coefficient (Wildman–Crippen LogP) is 2.52. The summed E-state index contributed by atoms with van der Waals surface area (Å²) in [4.78, 5) is 11.2. The highest BCUT2D eigenvalue weighted by Gasteiger charge is 2.25. The van der Waals surface area contributed by atoms with Crippen molar-refractivity contribution >= 4 is 16.5 Å². The lowest BCUT2D eigenvalue weighted by atomic mass is 9.98. The SMILES string of the molecule is CCCN(CCN(C)C)c1nc2c(s1)CCCC2NC. The predicted molar refractivity (Wildman–Crippen MR) is 87.9 cm³/mol. The number of aromatic nitrogens is 1. The number of rotatable bonds is 7. The monoisotopic (exact) mass is 296 g/mol. The zero-order valence-electron chi connectivity index (χ0n) is 13.3. The molecule has 1 aromatic rings. The fraction of sp³-hybridized carbons (Fsp3) is 0.800. The number of likely N-dealkylation sites (N-methyl/N-ethyl adjacent to an activating group) is 1. The molecule has 0 saturated carbocycles. The van der Waals surface area contributed by atoms with E-state index < -0.39 is 0 Å². The quantitative estimate of drug-likeness (QED) is 0.838. The average molecular weight is 296 g/mol. The highest BCUT2D eigenvalue weighted by molar-refractivity contribution is 7.15. The van der Waals surface area contributed by atoms with Crippen LogP contribution < -0.4 is 10.2 Å². The summed E-state index contributed by atoms with van der Waals surface area (Å²) in [6.07, 6.45) is 4.88. The molecule has 1 aliphatic carbocycles. The van der Waals surface area contributed by atoms with Gasteiger partial charge in [0.05, 0.1) is 11.7 Å². The Kier molecular flexibility index (Phi) is 5.81. The van der Waals surface area contributed by atoms with Crippen molar-refractivity contribution in [2.24, 2.45) is 0 Å². The van der Waals surface area contributed by atoms with E-state index in [1.165, 1.54) is 41.4 Å². The molecule has 4 nitrogen and oxygen atoms in total. The lowest BCUT2D eigenvalue weighted by Gasteiger charge is -2.23. The first kappa shape index (κ1) is 15.7. The number of nitrogens with one attached hydrogen (secondary N) is 1. The second-order valence-electron chi connectivity index (χ2n) is 5.83. The minimum atomic E-state index is 0.459. The molecule has 1 unspecified atom stereocenters. The lowest BCUT2D eigenvalue weighted by molar-refractivity contribution is 0.412. The number of fused-ring (bicyclic) bond motifs is 1. The summed E-state index contributed by atoms with van der Waals surface area (Å²) >= 11 is 1.91. The first-order chi connectivity index (χ1) is 9.65. The number of nitrogens with zero attached hydrogens (tertiary/aromatic N) is 3. The molecular formula is C15H28N4S. The van der Waals surface area contributed by atoms with Crippen molar-refractivity contribution in [1.29, 1.82) is 0 Å². The van der Waals surface area contributed by atoms with Crippen molar-refractivity contribution in [2.45, 2.75) is 38.6 Å². The van der Waals surface area contributed by atoms with Crippen molar-refractivity contribution in [3.63, 3.8) is 0 Å². The minimum absolute atomic E-state index is 0.459. The Morgan fingerprint density at radius 2 is 2.10 bits per heavy atom. The van der Waals surface area contributed by atoms with Gasteiger partial charge in [0, 0.05) is 24.5 Å². The van der Waals surface area contributed by atoms with E-state index in [0.29, 0.717) is 6.04 Å². The van der Waals surface area contributed by atoms with Gasteiger partial charge in [0.2, 0.25) is 0 Å². The largest absolute Gasteiger partial charge is 0.347 e. The normalized spacial score (nSPS) is 18.4. The van der Waals surface area contributed by atoms with Crippen molar-refractivity contribution in [1.82, 2.24) is 15.2 Å². The van der Waals surface area contributed by atoms with Crippen molar-refractivity contribution < 1.29 is 0 Å². The first-order valence-electron chi connectivity index (χ1n) is 7.72. The maximum atomic E-state index is 4.96. The van der Waals surface area contributed by atoms with Crippen LogP contribution >= 0.6 is 11.3 Å². The fourth-order valence-corrected chi connectivity index (χ4v) is 3.93. The summed E-state index contributed by atoms with van der Waals surface area (Å²) in [6, 6.07) is 0.459. The van der Waals surface area contributed by atoms with Gasteiger partial charge in [-0.05, 0) is 46.8 Å². The van der Waals surface area contributed by atoms with Crippen LogP contribution in [-0.4, -0.2) is 50.7 Å². The Bertz CT molecular complexity index is 416. The Morgan fingerprint density at radius 3 is 2.75 bits per heavy atom. The molecular weight excluding hydrogens is 268 g/mol. The van der Waals surface area contributed by atoms with Gasteiger partial charge in [-0.15, -0.1) is 11.3 Å². The van der Waals surface area contributed by atoms with Crippen molar-refractivity contribution in [2.75, 3.05) is 45.7 Å². The van der Waals surface area contributed by atoms with Gasteiger partial charge >= 0.3 is 0 Å². The second-order valence-corrected chi connectivity index (χ2v) is 6.89. The van der Waals surface area contributed by atoms with Crippen LogP contribution in [0.5, 0.6) is 0 Å². The fourth-order valence-electron chi connectivity index (χ4n) is 2.72. The van der Waals surface area contributed by atoms with Gasteiger partial charge in [-0.3, -0.25) is 0 Å². The maximum Gasteiger partial charge on any atom is 0.185 e. The molecule has 114 valence electrons. The lowest BCUT2D eigenvalue weighted by Crippen LogP contribution is -2.32. The van der Waals surface area contributed by atoms with Crippen LogP contribution in [0.15, 0.2) is 0 Å². The molecule has 1 aliphatic rings. The number of hydrogen-bond donors (Lipinski definition) is 1. The molecule has 1 aromatic heterocycles. The molecule has 5 heteroatoms. The summed E-state index contributed by atoms with van der Waals surface area (Å²) < 4.78 is 0. The van der Waals surface area contributed by atoms with Gasteiger partial charge in [-0.25, -0.2) is 4.98 Å². The van der Waals surface area contributed by atoms with E-state index in [4.69, 9.17) is 4.98 Å². The second kappa shape index (κ2) is 7.38. The third kappa shape index (κ3) is 3.71. The molecule has 20 heavy (non-hydrogen) atoms. The molecule has 1 N–H and O–H groups in total. The van der Waals surface area contributed by atoms with Gasteiger partial charge in [-0.2, -0.15) is 0 Å². The van der Waals surface area contributed by atoms with Crippen LogP contribution in [0.25, 0.3) is 0 Å². The molecule has 1 heterocycles. The molecule has 1 atom stereocenters. The van der Waals surface area contributed by atoms with Gasteiger partial charge < -0.3 is 15.1 Å². The summed E-state index contributed by atoms with van der Waals surface area (Å²) in [7, 11) is 6.32. The molecule has 0 bridgehead atoms. The highest BCUT2D eigenvalue weighted by Crippen LogP contribution is 2.36. The van der Waals surface area contributed by atoms with Crippen LogP contribution in [-0.2, 0) is 6.42 Å². The van der Waals surface area contributed by atoms with Gasteiger partial charge in [-0.1, -0.05) is 6.92 Å². The zero-order chi connectivity index (χ0) is 14.5. The van der Waals surface area contributed by atoms with Crippen LogP contribution in [0.3, 0.4) is 0 Å². The van der Waals surface area contributed by atoms with Gasteiger partial charge in [0.25, 0.3) is 0 Å². The molecule has 0 radical (unpaired) electrons. The van der Waals surface area contributed by atoms with Crippen LogP contribution in [0.2, 0.25) is 0 Å². The molecule has 0 aromatic carbocycles. The van der Waals surface area contributed by atoms with Crippen molar-refractivity contribution in [3.05, 3.63) is 10.6 Å². The van der Waals surface area contributed by atoms with Crippen LogP contribution in [0.1, 0.15) is 42.8 Å². The summed E-state index contributed by atoms with van der Waals surface area (Å²) in [6.45, 7) is 5.49. The van der Waals surface area contributed by atoms with E-state index in [0.717, 1.165) is 19.6 Å². The summed E-state index contributed by atoms with van der Waals surface area (Å²) in [5.74, 6) is 0. The van der Waals surface area contributed by atoms with Crippen molar-refractivity contribution in [3.8, 4) is 0 Å². The average Bonchev–Trinajstić information content (AvgIpc) is 2.86. The molecule has 2 rings (SSSR count). The zero-order valence-corrected chi connectivity index (χ0v) is 14.1. The number of thiazole rings is 1. The molecule has 0 saturated heterocycles. The summed E-state index contributed by atoms with van der Waals surface area (Å²) in [5.41, 5.74) is 1.31. The number of anilines is 1. The molecule has 0 spiro atoms. The Morgan fingerprint density at radius 1 is 1.30 bits per heavy atom. The standard InChI is InChI=1S/C15H28N4S/c1-5-9-19(11-10-18(3)4)15-17-14-12(16-2)7-6-8-13(14)20-15/h12,16H,5-11H2,1-4H3. The topological polar surface area (TPSA) is 31.4 Å². The van der Waals surface area contributed by atoms with Crippen LogP contribution in [0, 0.1) is 0 Å². The first-order valence-corrected chi connectivity index (χ1v) is 8.53. The van der Waals surface area contributed by atoms with Crippen LogP contribution in [0.4, 0.5) is 5.13 Å². The van der Waals surface area contributed by atoms with E-state index in [9.17, 15) is 0 Å². The third-order valence-electron chi connectivity index (χ3n) is 3.87. The molecule has 0 aliphatic heterocycles. The van der Waals surface area contributed by atoms with E-state index in [-0.39, 0.29) is 0 Å². The third-order valence-corrected chi connectivity index (χ3v) is 5.06. The number of hydrogen-bond acceptors (Lipinski definition) is 5. The summed E-state index contributed by atoms with van der Waals surface area (Å²) in [5, 5.41) is 4.64.